The number of imidazole rings is 1. The maximum absolute atomic E-state index is 14.7. The molecule has 32 heavy (non-hydrogen) atoms. The summed E-state index contributed by atoms with van der Waals surface area (Å²) >= 11 is 0. The van der Waals surface area contributed by atoms with E-state index in [2.05, 4.69) is 9.72 Å². The molecule has 0 bridgehead atoms. The fourth-order valence-electron chi connectivity index (χ4n) is 3.94. The van der Waals surface area contributed by atoms with Crippen LogP contribution < -0.4 is 9.47 Å². The van der Waals surface area contributed by atoms with Gasteiger partial charge in [0.1, 0.15) is 29.5 Å². The van der Waals surface area contributed by atoms with Crippen molar-refractivity contribution in [3.05, 3.63) is 17.7 Å². The van der Waals surface area contributed by atoms with Gasteiger partial charge in [-0.1, -0.05) is 6.92 Å². The third-order valence-electron chi connectivity index (χ3n) is 5.55. The molecular formula is C22H28F4N2O4. The van der Waals surface area contributed by atoms with E-state index < -0.39 is 30.4 Å². The van der Waals surface area contributed by atoms with Gasteiger partial charge < -0.3 is 19.0 Å². The summed E-state index contributed by atoms with van der Waals surface area (Å²) in [7, 11) is 1.45. The summed E-state index contributed by atoms with van der Waals surface area (Å²) < 4.78 is 71.5. The van der Waals surface area contributed by atoms with Gasteiger partial charge in [0.25, 0.3) is 12.4 Å². The predicted molar refractivity (Wildman–Crippen MR) is 109 cm³/mol. The van der Waals surface area contributed by atoms with Crippen molar-refractivity contribution >= 4 is 16.8 Å². The van der Waals surface area contributed by atoms with E-state index in [4.69, 9.17) is 9.47 Å². The first kappa shape index (κ1) is 24.3. The van der Waals surface area contributed by atoms with Crippen LogP contribution in [-0.4, -0.2) is 47.2 Å². The highest BCUT2D eigenvalue weighted by molar-refractivity contribution is 5.80. The van der Waals surface area contributed by atoms with Crippen molar-refractivity contribution in [3.8, 4) is 11.8 Å². The zero-order chi connectivity index (χ0) is 23.4. The second kappa shape index (κ2) is 10.5. The molecule has 1 aromatic carbocycles. The maximum Gasteiger partial charge on any atom is 0.297 e. The van der Waals surface area contributed by atoms with Crippen molar-refractivity contribution in [2.24, 2.45) is 13.0 Å². The van der Waals surface area contributed by atoms with Crippen LogP contribution in [0, 0.1) is 17.6 Å². The summed E-state index contributed by atoms with van der Waals surface area (Å²) in [6, 6.07) is 0.712. The molecule has 0 amide bonds. The van der Waals surface area contributed by atoms with Crippen molar-refractivity contribution in [1.82, 2.24) is 9.55 Å². The van der Waals surface area contributed by atoms with Crippen LogP contribution in [0.2, 0.25) is 0 Å². The molecule has 3 atom stereocenters. The van der Waals surface area contributed by atoms with E-state index in [9.17, 15) is 22.4 Å². The number of hydrogen-bond acceptors (Lipinski definition) is 5. The van der Waals surface area contributed by atoms with Crippen LogP contribution >= 0.6 is 0 Å². The number of Topliss-reactive ketones (excluding diaryl/α,β-unsaturated/α-hetero) is 1. The van der Waals surface area contributed by atoms with Gasteiger partial charge in [0.2, 0.25) is 0 Å². The lowest BCUT2D eigenvalue weighted by molar-refractivity contribution is -0.117. The minimum Gasteiger partial charge on any atom is -0.484 e. The van der Waals surface area contributed by atoms with Gasteiger partial charge in [-0.05, 0) is 38.5 Å². The van der Waals surface area contributed by atoms with E-state index >= 15 is 0 Å². The molecule has 0 unspecified atom stereocenters. The minimum absolute atomic E-state index is 0.00550. The summed E-state index contributed by atoms with van der Waals surface area (Å²) in [4.78, 5) is 15.2. The van der Waals surface area contributed by atoms with Gasteiger partial charge in [0, 0.05) is 19.5 Å². The number of hydrogen-bond donors (Lipinski definition) is 0. The predicted octanol–water partition coefficient (Wildman–Crippen LogP) is 4.82. The van der Waals surface area contributed by atoms with E-state index in [1.54, 1.807) is 6.92 Å². The molecule has 0 saturated carbocycles. The van der Waals surface area contributed by atoms with Gasteiger partial charge in [-0.3, -0.25) is 4.57 Å². The van der Waals surface area contributed by atoms with Crippen LogP contribution in [0.3, 0.4) is 0 Å². The molecule has 2 aromatic rings. The minimum atomic E-state index is -2.81. The third-order valence-corrected chi connectivity index (χ3v) is 5.55. The summed E-state index contributed by atoms with van der Waals surface area (Å²) in [6.45, 7) is 2.90. The topological polar surface area (TPSA) is 62.6 Å². The zero-order valence-electron chi connectivity index (χ0n) is 18.4. The van der Waals surface area contributed by atoms with Gasteiger partial charge in [0.15, 0.2) is 17.4 Å². The molecule has 3 rings (SSSR count). The molecule has 1 aliphatic heterocycles. The average molecular weight is 460 g/mol. The highest BCUT2D eigenvalue weighted by Gasteiger charge is 2.27. The van der Waals surface area contributed by atoms with E-state index in [-0.39, 0.29) is 35.0 Å². The van der Waals surface area contributed by atoms with Crippen LogP contribution in [0.5, 0.6) is 11.8 Å². The Balaban J connectivity index is 1.62. The molecule has 6 nitrogen and oxygen atoms in total. The Hall–Kier alpha value is -2.36. The molecule has 0 spiro atoms. The fraction of sp³-hybridized carbons (Fsp3) is 0.636. The number of benzene rings is 1. The quantitative estimate of drug-likeness (QED) is 0.476. The van der Waals surface area contributed by atoms with Crippen molar-refractivity contribution in [1.29, 1.82) is 0 Å². The monoisotopic (exact) mass is 460 g/mol. The summed E-state index contributed by atoms with van der Waals surface area (Å²) in [5.41, 5.74) is -0.489. The molecule has 0 N–H and O–H groups in total. The second-order valence-corrected chi connectivity index (χ2v) is 8.38. The lowest BCUT2D eigenvalue weighted by atomic mass is 9.95. The van der Waals surface area contributed by atoms with Crippen LogP contribution in [0.4, 0.5) is 17.6 Å². The summed E-state index contributed by atoms with van der Waals surface area (Å²) in [6.07, 6.45) is 0.684. The van der Waals surface area contributed by atoms with E-state index in [0.29, 0.717) is 31.4 Å². The number of fused-ring (bicyclic) bond motifs is 1. The van der Waals surface area contributed by atoms with E-state index in [1.165, 1.54) is 11.6 Å². The number of rotatable bonds is 10. The normalized spacial score (nSPS) is 20.0. The van der Waals surface area contributed by atoms with Crippen LogP contribution in [-0.2, 0) is 16.6 Å². The molecule has 1 fully saturated rings. The highest BCUT2D eigenvalue weighted by Crippen LogP contribution is 2.32. The number of nitrogens with zero attached hydrogens (tertiary/aromatic N) is 2. The third kappa shape index (κ3) is 5.90. The van der Waals surface area contributed by atoms with E-state index in [1.807, 2.05) is 6.92 Å². The van der Waals surface area contributed by atoms with Crippen molar-refractivity contribution in [3.63, 3.8) is 0 Å². The number of aromatic nitrogens is 2. The highest BCUT2D eigenvalue weighted by atomic mass is 19.3. The molecule has 1 aliphatic rings. The molecule has 1 saturated heterocycles. The Labute approximate surface area is 183 Å². The van der Waals surface area contributed by atoms with Gasteiger partial charge in [-0.2, -0.15) is 4.98 Å². The first-order valence-electron chi connectivity index (χ1n) is 10.7. The Kier molecular flexibility index (Phi) is 7.97. The number of alkyl halides is 2. The summed E-state index contributed by atoms with van der Waals surface area (Å²) in [5.74, 6) is -1.99. The van der Waals surface area contributed by atoms with Crippen molar-refractivity contribution < 1.29 is 36.6 Å². The number of aryl methyl sites for hydroxylation is 1. The Morgan fingerprint density at radius 2 is 2.09 bits per heavy atom. The first-order chi connectivity index (χ1) is 15.2. The Morgan fingerprint density at radius 1 is 1.34 bits per heavy atom. The molecular weight excluding hydrogens is 432 g/mol. The standard InChI is InChI=1S/C22H28F4N2O4/c1-12(8-13(2)29)4-5-14-6-7-15(10-30-14)32-22-27-20-16(23)9-17(31-11-18(24)25)19(26)21(20)28(22)3/h9,12,14-15,18H,4-8,10-11H2,1-3H3/t12-,14-,15-/m0/s1. The molecule has 0 aliphatic carbocycles. The molecule has 1 aromatic heterocycles. The molecule has 2 heterocycles. The second-order valence-electron chi connectivity index (χ2n) is 8.38. The van der Waals surface area contributed by atoms with Gasteiger partial charge in [-0.25, -0.2) is 17.6 Å². The number of ether oxygens (including phenoxy) is 3. The molecule has 0 radical (unpaired) electrons. The number of carbonyl (C=O) groups excluding carboxylic acids is 1. The van der Waals surface area contributed by atoms with Gasteiger partial charge in [-0.15, -0.1) is 0 Å². The number of carbonyl (C=O) groups is 1. The van der Waals surface area contributed by atoms with Crippen molar-refractivity contribution in [2.45, 2.75) is 64.6 Å². The number of ketones is 1. The molecule has 10 heteroatoms. The first-order valence-corrected chi connectivity index (χ1v) is 10.7. The Morgan fingerprint density at radius 3 is 2.72 bits per heavy atom. The summed E-state index contributed by atoms with van der Waals surface area (Å²) in [5, 5.41) is 0. The zero-order valence-corrected chi connectivity index (χ0v) is 18.4. The van der Waals surface area contributed by atoms with Gasteiger partial charge >= 0.3 is 0 Å². The van der Waals surface area contributed by atoms with E-state index in [0.717, 1.165) is 19.3 Å². The lowest BCUT2D eigenvalue weighted by Gasteiger charge is -2.29. The van der Waals surface area contributed by atoms with Crippen LogP contribution in [0.15, 0.2) is 6.07 Å². The smallest absolute Gasteiger partial charge is 0.297 e. The van der Waals surface area contributed by atoms with Crippen molar-refractivity contribution in [2.75, 3.05) is 13.2 Å². The average Bonchev–Trinajstić information content (AvgIpc) is 3.05. The number of halogens is 4. The Bertz CT molecular complexity index is 942. The van der Waals surface area contributed by atoms with Crippen LogP contribution in [0.1, 0.15) is 46.0 Å². The lowest BCUT2D eigenvalue weighted by Crippen LogP contribution is -2.34. The fourth-order valence-corrected chi connectivity index (χ4v) is 3.94. The maximum atomic E-state index is 14.7. The largest absolute Gasteiger partial charge is 0.484 e. The van der Waals surface area contributed by atoms with Crippen LogP contribution in [0.25, 0.3) is 11.0 Å². The molecule has 178 valence electrons. The SMILES string of the molecule is CC(=O)C[C@@H](C)CC[C@H]1CC[C@H](Oc2nc3c(F)cc(OCC(F)F)c(F)c3n2C)CO1. The van der Waals surface area contributed by atoms with Gasteiger partial charge in [0.05, 0.1) is 12.7 Å².